The zero-order chi connectivity index (χ0) is 18.3. The third kappa shape index (κ3) is 2.97. The summed E-state index contributed by atoms with van der Waals surface area (Å²) in [4.78, 5) is 7.64. The van der Waals surface area contributed by atoms with Crippen molar-refractivity contribution < 1.29 is 5.11 Å². The Morgan fingerprint density at radius 1 is 1.31 bits per heavy atom. The monoisotopic (exact) mass is 430 g/mol. The summed E-state index contributed by atoms with van der Waals surface area (Å²) in [6, 6.07) is 9.15. The lowest BCUT2D eigenvalue weighted by Gasteiger charge is -2.02. The maximum absolute atomic E-state index is 9.99. The number of aryl methyl sites for hydroxylation is 1. The number of hydrogen-bond acceptors (Lipinski definition) is 6. The fourth-order valence-corrected chi connectivity index (χ4v) is 3.47. The number of benzene rings is 2. The molecule has 0 aliphatic rings. The number of aromatic hydroxyl groups is 1. The van der Waals surface area contributed by atoms with E-state index >= 15 is 0 Å². The van der Waals surface area contributed by atoms with E-state index in [2.05, 4.69) is 46.6 Å². The van der Waals surface area contributed by atoms with Crippen molar-refractivity contribution in [1.29, 1.82) is 0 Å². The van der Waals surface area contributed by atoms with Gasteiger partial charge in [0.1, 0.15) is 11.3 Å². The number of phenolic OH excluding ortho intramolecular Hbond substituents is 1. The first-order valence-corrected chi connectivity index (χ1v) is 8.79. The molecule has 130 valence electrons. The Kier molecular flexibility index (Phi) is 4.21. The van der Waals surface area contributed by atoms with Crippen LogP contribution in [0.3, 0.4) is 0 Å². The summed E-state index contributed by atoms with van der Waals surface area (Å²) < 4.78 is 0.485. The number of nitrogens with one attached hydrogen (secondary N) is 2. The van der Waals surface area contributed by atoms with Gasteiger partial charge < -0.3 is 10.1 Å². The maximum Gasteiger partial charge on any atom is 0.265 e. The molecule has 2 aromatic heterocycles. The van der Waals surface area contributed by atoms with Crippen LogP contribution in [0.15, 0.2) is 39.9 Å². The fourth-order valence-electron chi connectivity index (χ4n) is 2.64. The smallest absolute Gasteiger partial charge is 0.265 e. The first-order chi connectivity index (χ1) is 12.5. The Hall–Kier alpha value is -2.71. The minimum Gasteiger partial charge on any atom is -0.506 e. The van der Waals surface area contributed by atoms with Gasteiger partial charge in [0.2, 0.25) is 0 Å². The number of rotatable bonds is 3. The average Bonchev–Trinajstić information content (AvgIpc) is 2.98. The summed E-state index contributed by atoms with van der Waals surface area (Å²) >= 11 is 9.20. The Morgan fingerprint density at radius 3 is 3.00 bits per heavy atom. The number of fused-ring (bicyclic) bond motifs is 3. The second-order valence-electron chi connectivity index (χ2n) is 5.65. The predicted molar refractivity (Wildman–Crippen MR) is 106 cm³/mol. The second kappa shape index (κ2) is 6.54. The summed E-state index contributed by atoms with van der Waals surface area (Å²) in [7, 11) is 0. The molecular formula is C17H12BrClN6O. The molecule has 3 N–H and O–H groups in total. The van der Waals surface area contributed by atoms with Gasteiger partial charge in [-0.2, -0.15) is 10.1 Å². The molecule has 7 nitrogen and oxygen atoms in total. The summed E-state index contributed by atoms with van der Waals surface area (Å²) in [5.41, 5.74) is 6.57. The van der Waals surface area contributed by atoms with Crippen LogP contribution in [0.2, 0.25) is 5.02 Å². The molecule has 4 rings (SSSR count). The van der Waals surface area contributed by atoms with E-state index in [4.69, 9.17) is 11.6 Å². The Morgan fingerprint density at radius 2 is 2.15 bits per heavy atom. The molecule has 26 heavy (non-hydrogen) atoms. The van der Waals surface area contributed by atoms with E-state index in [1.807, 2.05) is 25.1 Å². The van der Waals surface area contributed by atoms with Crippen molar-refractivity contribution in [2.24, 2.45) is 5.10 Å². The number of nitrogens with zero attached hydrogens (tertiary/aromatic N) is 4. The molecule has 0 saturated heterocycles. The van der Waals surface area contributed by atoms with Crippen LogP contribution in [-0.2, 0) is 0 Å². The standard InChI is InChI=1S/C17H12BrClN6O/c1-8-3-2-4-11-13(8)21-16-14(11)23-25-17(22-16)24-20-7-9-5-10(19)6-12(18)15(9)26/h2-7,26H,1H3,(H2,21,22,24,25). The third-order valence-corrected chi connectivity index (χ3v) is 4.71. The number of aromatic nitrogens is 4. The molecule has 0 radical (unpaired) electrons. The van der Waals surface area contributed by atoms with Gasteiger partial charge >= 0.3 is 0 Å². The van der Waals surface area contributed by atoms with Crippen molar-refractivity contribution >= 4 is 61.8 Å². The lowest BCUT2D eigenvalue weighted by Crippen LogP contribution is -1.99. The number of para-hydroxylation sites is 1. The molecule has 0 amide bonds. The van der Waals surface area contributed by atoms with E-state index in [0.717, 1.165) is 16.5 Å². The largest absolute Gasteiger partial charge is 0.506 e. The minimum absolute atomic E-state index is 0.0422. The number of hydrazone groups is 1. The van der Waals surface area contributed by atoms with E-state index < -0.39 is 0 Å². The quantitative estimate of drug-likeness (QED) is 0.330. The second-order valence-corrected chi connectivity index (χ2v) is 6.94. The minimum atomic E-state index is 0.0422. The molecule has 0 aliphatic carbocycles. The molecule has 4 aromatic rings. The molecule has 0 saturated carbocycles. The highest BCUT2D eigenvalue weighted by Crippen LogP contribution is 2.30. The SMILES string of the molecule is Cc1cccc2c1[nH]c1nc(NN=Cc3cc(Cl)cc(Br)c3O)nnc12. The van der Waals surface area contributed by atoms with Gasteiger partial charge in [-0.3, -0.25) is 0 Å². The van der Waals surface area contributed by atoms with Crippen LogP contribution >= 0.6 is 27.5 Å². The molecule has 0 atom stereocenters. The average molecular weight is 432 g/mol. The van der Waals surface area contributed by atoms with Gasteiger partial charge in [0.25, 0.3) is 5.95 Å². The molecule has 2 aromatic carbocycles. The Balaban J connectivity index is 1.64. The van der Waals surface area contributed by atoms with Crippen molar-refractivity contribution in [1.82, 2.24) is 20.2 Å². The number of hydrogen-bond donors (Lipinski definition) is 3. The molecule has 0 aliphatic heterocycles. The van der Waals surface area contributed by atoms with Gasteiger partial charge in [0.15, 0.2) is 5.65 Å². The van der Waals surface area contributed by atoms with Gasteiger partial charge in [0.05, 0.1) is 16.2 Å². The Bertz CT molecular complexity index is 1170. The zero-order valence-corrected chi connectivity index (χ0v) is 15.8. The lowest BCUT2D eigenvalue weighted by atomic mass is 10.1. The van der Waals surface area contributed by atoms with E-state index in [1.165, 1.54) is 6.21 Å². The number of phenols is 1. The highest BCUT2D eigenvalue weighted by molar-refractivity contribution is 9.10. The van der Waals surface area contributed by atoms with Gasteiger partial charge in [-0.15, -0.1) is 10.2 Å². The summed E-state index contributed by atoms with van der Waals surface area (Å²) in [5.74, 6) is 0.277. The third-order valence-electron chi connectivity index (χ3n) is 3.88. The number of halogens is 2. The molecule has 2 heterocycles. The fraction of sp³-hybridized carbons (Fsp3) is 0.0588. The molecular weight excluding hydrogens is 420 g/mol. The van der Waals surface area contributed by atoms with Crippen LogP contribution in [0, 0.1) is 6.92 Å². The summed E-state index contributed by atoms with van der Waals surface area (Å²) in [6.07, 6.45) is 1.43. The number of aromatic amines is 1. The van der Waals surface area contributed by atoms with Gasteiger partial charge in [-0.25, -0.2) is 5.43 Å². The van der Waals surface area contributed by atoms with Crippen LogP contribution in [0.1, 0.15) is 11.1 Å². The molecule has 9 heteroatoms. The van der Waals surface area contributed by atoms with Gasteiger partial charge in [0, 0.05) is 16.0 Å². The lowest BCUT2D eigenvalue weighted by molar-refractivity contribution is 0.471. The van der Waals surface area contributed by atoms with E-state index in [-0.39, 0.29) is 11.7 Å². The van der Waals surface area contributed by atoms with Crippen LogP contribution in [-0.4, -0.2) is 31.5 Å². The highest BCUT2D eigenvalue weighted by atomic mass is 79.9. The van der Waals surface area contributed by atoms with Crippen molar-refractivity contribution in [3.8, 4) is 5.75 Å². The molecule has 0 unspecified atom stereocenters. The summed E-state index contributed by atoms with van der Waals surface area (Å²) in [5, 5.41) is 23.8. The van der Waals surface area contributed by atoms with Crippen LogP contribution in [0.4, 0.5) is 5.95 Å². The van der Waals surface area contributed by atoms with E-state index in [9.17, 15) is 5.11 Å². The number of H-pyrrole nitrogens is 1. The van der Waals surface area contributed by atoms with Crippen molar-refractivity contribution in [3.63, 3.8) is 0 Å². The number of anilines is 1. The van der Waals surface area contributed by atoms with E-state index in [0.29, 0.717) is 26.2 Å². The van der Waals surface area contributed by atoms with Crippen molar-refractivity contribution in [2.75, 3.05) is 5.43 Å². The van der Waals surface area contributed by atoms with Gasteiger partial charge in [-0.05, 0) is 40.5 Å². The van der Waals surface area contributed by atoms with Crippen LogP contribution in [0.25, 0.3) is 22.1 Å². The van der Waals surface area contributed by atoms with E-state index in [1.54, 1.807) is 12.1 Å². The first-order valence-electron chi connectivity index (χ1n) is 7.62. The Labute approximate surface area is 161 Å². The maximum atomic E-state index is 9.99. The van der Waals surface area contributed by atoms with Crippen LogP contribution in [0.5, 0.6) is 5.75 Å². The molecule has 0 fully saturated rings. The summed E-state index contributed by atoms with van der Waals surface area (Å²) in [6.45, 7) is 2.02. The predicted octanol–water partition coefficient (Wildman–Crippen LogP) is 4.38. The van der Waals surface area contributed by atoms with Crippen molar-refractivity contribution in [3.05, 3.63) is 51.0 Å². The normalized spacial score (nSPS) is 11.7. The molecule has 0 spiro atoms. The van der Waals surface area contributed by atoms with Crippen molar-refractivity contribution in [2.45, 2.75) is 6.92 Å². The van der Waals surface area contributed by atoms with Crippen LogP contribution < -0.4 is 5.43 Å². The first kappa shape index (κ1) is 16.7. The van der Waals surface area contributed by atoms with Gasteiger partial charge in [-0.1, -0.05) is 29.8 Å². The highest BCUT2D eigenvalue weighted by Gasteiger charge is 2.10. The molecule has 0 bridgehead atoms. The topological polar surface area (TPSA) is 99.1 Å². The zero-order valence-electron chi connectivity index (χ0n) is 13.5.